The largest absolute Gasteiger partial charge is 0.489 e. The molecule has 0 saturated heterocycles. The molecule has 0 spiro atoms. The van der Waals surface area contributed by atoms with Gasteiger partial charge in [0.2, 0.25) is 0 Å². The van der Waals surface area contributed by atoms with Crippen LogP contribution >= 0.6 is 0 Å². The summed E-state index contributed by atoms with van der Waals surface area (Å²) in [7, 11) is 0. The van der Waals surface area contributed by atoms with Gasteiger partial charge in [-0.25, -0.2) is 0 Å². The van der Waals surface area contributed by atoms with Gasteiger partial charge in [0.1, 0.15) is 18.4 Å². The standard InChI is InChI=1S/C16H14N2O2/c1-12-4-2-7-15(8-12)20-11-13-5-3-6-14(9-13)16(10-17)18-19/h2-9,19H,11H2,1H3. The topological polar surface area (TPSA) is 65.6 Å². The highest BCUT2D eigenvalue weighted by Crippen LogP contribution is 2.15. The van der Waals surface area contributed by atoms with E-state index in [9.17, 15) is 0 Å². The maximum absolute atomic E-state index is 8.84. The van der Waals surface area contributed by atoms with Crippen molar-refractivity contribution in [1.82, 2.24) is 0 Å². The number of rotatable bonds is 4. The monoisotopic (exact) mass is 266 g/mol. The van der Waals surface area contributed by atoms with Gasteiger partial charge in [-0.2, -0.15) is 5.26 Å². The normalized spacial score (nSPS) is 10.9. The van der Waals surface area contributed by atoms with Gasteiger partial charge in [0.25, 0.3) is 0 Å². The van der Waals surface area contributed by atoms with Crippen LogP contribution < -0.4 is 4.74 Å². The van der Waals surface area contributed by atoms with Gasteiger partial charge in [0, 0.05) is 5.56 Å². The second-order valence-electron chi connectivity index (χ2n) is 4.37. The molecule has 0 unspecified atom stereocenters. The van der Waals surface area contributed by atoms with Crippen LogP contribution in [-0.2, 0) is 6.61 Å². The zero-order valence-corrected chi connectivity index (χ0v) is 11.1. The van der Waals surface area contributed by atoms with Crippen LogP contribution in [0.15, 0.2) is 53.7 Å². The van der Waals surface area contributed by atoms with Crippen molar-refractivity contribution < 1.29 is 9.94 Å². The summed E-state index contributed by atoms with van der Waals surface area (Å²) in [6, 6.07) is 16.8. The predicted molar refractivity (Wildman–Crippen MR) is 75.9 cm³/mol. The van der Waals surface area contributed by atoms with Crippen LogP contribution in [0, 0.1) is 18.3 Å². The van der Waals surface area contributed by atoms with Crippen molar-refractivity contribution >= 4 is 5.71 Å². The third kappa shape index (κ3) is 3.36. The summed E-state index contributed by atoms with van der Waals surface area (Å²) in [5.74, 6) is 0.798. The fourth-order valence-electron chi connectivity index (χ4n) is 1.82. The lowest BCUT2D eigenvalue weighted by Gasteiger charge is -2.07. The van der Waals surface area contributed by atoms with Gasteiger partial charge in [-0.15, -0.1) is 0 Å². The van der Waals surface area contributed by atoms with Crippen LogP contribution in [-0.4, -0.2) is 10.9 Å². The Bertz CT molecular complexity index is 672. The van der Waals surface area contributed by atoms with Crippen molar-refractivity contribution in [2.24, 2.45) is 5.16 Å². The second-order valence-corrected chi connectivity index (χ2v) is 4.37. The van der Waals surface area contributed by atoms with E-state index in [0.29, 0.717) is 12.2 Å². The van der Waals surface area contributed by atoms with Crippen LogP contribution in [0.1, 0.15) is 16.7 Å². The van der Waals surface area contributed by atoms with Crippen LogP contribution in [0.3, 0.4) is 0 Å². The van der Waals surface area contributed by atoms with E-state index in [-0.39, 0.29) is 5.71 Å². The molecular formula is C16H14N2O2. The van der Waals surface area contributed by atoms with Crippen molar-refractivity contribution in [3.63, 3.8) is 0 Å². The Morgan fingerprint density at radius 2 is 2.05 bits per heavy atom. The predicted octanol–water partition coefficient (Wildman–Crippen LogP) is 3.28. The Hall–Kier alpha value is -2.80. The molecule has 0 amide bonds. The second kappa shape index (κ2) is 6.39. The first-order valence-corrected chi connectivity index (χ1v) is 6.14. The van der Waals surface area contributed by atoms with Gasteiger partial charge >= 0.3 is 0 Å². The molecule has 2 rings (SSSR count). The lowest BCUT2D eigenvalue weighted by atomic mass is 10.1. The number of aryl methyl sites for hydroxylation is 1. The molecule has 4 heteroatoms. The summed E-state index contributed by atoms with van der Waals surface area (Å²) in [5.41, 5.74) is 2.60. The minimum Gasteiger partial charge on any atom is -0.489 e. The summed E-state index contributed by atoms with van der Waals surface area (Å²) in [5, 5.41) is 20.5. The Kier molecular flexibility index (Phi) is 4.35. The summed E-state index contributed by atoms with van der Waals surface area (Å²) >= 11 is 0. The molecule has 0 aliphatic carbocycles. The van der Waals surface area contributed by atoms with Crippen LogP contribution in [0.5, 0.6) is 5.75 Å². The van der Waals surface area contributed by atoms with Gasteiger partial charge in [-0.3, -0.25) is 0 Å². The van der Waals surface area contributed by atoms with Gasteiger partial charge in [-0.05, 0) is 36.2 Å². The Morgan fingerprint density at radius 3 is 2.75 bits per heavy atom. The smallest absolute Gasteiger partial charge is 0.186 e. The average Bonchev–Trinajstić information content (AvgIpc) is 2.47. The Labute approximate surface area is 117 Å². The van der Waals surface area contributed by atoms with E-state index in [1.54, 1.807) is 18.2 Å². The van der Waals surface area contributed by atoms with E-state index in [2.05, 4.69) is 5.16 Å². The van der Waals surface area contributed by atoms with E-state index in [4.69, 9.17) is 15.2 Å². The fraction of sp³-hybridized carbons (Fsp3) is 0.125. The third-order valence-corrected chi connectivity index (χ3v) is 2.80. The highest BCUT2D eigenvalue weighted by molar-refractivity contribution is 6.11. The van der Waals surface area contributed by atoms with Crippen LogP contribution in [0.4, 0.5) is 0 Å². The fourth-order valence-corrected chi connectivity index (χ4v) is 1.82. The highest BCUT2D eigenvalue weighted by Gasteiger charge is 2.04. The van der Waals surface area contributed by atoms with E-state index in [0.717, 1.165) is 16.9 Å². The van der Waals surface area contributed by atoms with Gasteiger partial charge in [0.05, 0.1) is 0 Å². The van der Waals surface area contributed by atoms with E-state index in [1.807, 2.05) is 43.3 Å². The molecule has 0 bridgehead atoms. The average molecular weight is 266 g/mol. The van der Waals surface area contributed by atoms with E-state index < -0.39 is 0 Å². The van der Waals surface area contributed by atoms with Crippen molar-refractivity contribution in [1.29, 1.82) is 5.26 Å². The van der Waals surface area contributed by atoms with Crippen LogP contribution in [0.2, 0.25) is 0 Å². The number of benzene rings is 2. The molecular weight excluding hydrogens is 252 g/mol. The number of hydrogen-bond acceptors (Lipinski definition) is 4. The Morgan fingerprint density at radius 1 is 1.25 bits per heavy atom. The molecule has 0 fully saturated rings. The highest BCUT2D eigenvalue weighted by atomic mass is 16.5. The number of ether oxygens (including phenoxy) is 1. The first-order valence-electron chi connectivity index (χ1n) is 6.14. The molecule has 2 aromatic rings. The third-order valence-electron chi connectivity index (χ3n) is 2.80. The van der Waals surface area contributed by atoms with Crippen LogP contribution in [0.25, 0.3) is 0 Å². The molecule has 0 radical (unpaired) electrons. The first kappa shape index (κ1) is 13.6. The molecule has 0 aliphatic rings. The molecule has 100 valence electrons. The molecule has 20 heavy (non-hydrogen) atoms. The minimum absolute atomic E-state index is 0.0117. The number of oxime groups is 1. The molecule has 0 aliphatic heterocycles. The maximum Gasteiger partial charge on any atom is 0.186 e. The summed E-state index contributed by atoms with van der Waals surface area (Å²) in [4.78, 5) is 0. The number of nitrogens with zero attached hydrogens (tertiary/aromatic N) is 2. The molecule has 4 nitrogen and oxygen atoms in total. The molecule has 0 atom stereocenters. The maximum atomic E-state index is 8.84. The van der Waals surface area contributed by atoms with E-state index in [1.165, 1.54) is 0 Å². The molecule has 0 saturated carbocycles. The van der Waals surface area contributed by atoms with Gasteiger partial charge in [0.15, 0.2) is 5.71 Å². The molecule has 0 aromatic heterocycles. The quantitative estimate of drug-likeness (QED) is 0.524. The van der Waals surface area contributed by atoms with Crippen molar-refractivity contribution in [2.75, 3.05) is 0 Å². The number of nitriles is 1. The van der Waals surface area contributed by atoms with Crippen molar-refractivity contribution in [3.8, 4) is 11.8 Å². The molecule has 1 N–H and O–H groups in total. The molecule has 2 aromatic carbocycles. The van der Waals surface area contributed by atoms with Gasteiger partial charge < -0.3 is 9.94 Å². The van der Waals surface area contributed by atoms with Gasteiger partial charge in [-0.1, -0.05) is 35.5 Å². The number of hydrogen-bond donors (Lipinski definition) is 1. The summed E-state index contributed by atoms with van der Waals surface area (Å²) in [6.07, 6.45) is 0. The summed E-state index contributed by atoms with van der Waals surface area (Å²) < 4.78 is 5.69. The lowest BCUT2D eigenvalue weighted by Crippen LogP contribution is -2.00. The van der Waals surface area contributed by atoms with Crippen molar-refractivity contribution in [3.05, 3.63) is 65.2 Å². The zero-order valence-electron chi connectivity index (χ0n) is 11.1. The Balaban J connectivity index is 2.11. The van der Waals surface area contributed by atoms with E-state index >= 15 is 0 Å². The lowest BCUT2D eigenvalue weighted by molar-refractivity contribution is 0.306. The summed E-state index contributed by atoms with van der Waals surface area (Å²) in [6.45, 7) is 2.39. The zero-order chi connectivity index (χ0) is 14.4. The van der Waals surface area contributed by atoms with Crippen molar-refractivity contribution in [2.45, 2.75) is 13.5 Å². The minimum atomic E-state index is -0.0117. The molecule has 0 heterocycles. The first-order chi connectivity index (χ1) is 9.72. The SMILES string of the molecule is Cc1cccc(OCc2cccc(C(C#N)=NO)c2)c1.